The molecule has 0 heterocycles. The Bertz CT molecular complexity index is 1200. The molecular formula is C31H35FO4. The summed E-state index contributed by atoms with van der Waals surface area (Å²) in [5, 5.41) is 9.53. The first kappa shape index (κ1) is 27.1. The Morgan fingerprint density at radius 1 is 0.889 bits per heavy atom. The summed E-state index contributed by atoms with van der Waals surface area (Å²) in [7, 11) is 0. The zero-order valence-corrected chi connectivity index (χ0v) is 21.5. The van der Waals surface area contributed by atoms with Crippen molar-refractivity contribution in [3.63, 3.8) is 0 Å². The summed E-state index contributed by atoms with van der Waals surface area (Å²) in [4.78, 5) is 24.3. The van der Waals surface area contributed by atoms with E-state index in [-0.39, 0.29) is 17.2 Å². The van der Waals surface area contributed by atoms with Crippen molar-refractivity contribution in [2.24, 2.45) is 5.92 Å². The normalized spacial score (nSPS) is 11.9. The van der Waals surface area contributed by atoms with E-state index < -0.39 is 17.8 Å². The minimum Gasteiger partial charge on any atom is -0.478 e. The molecule has 0 unspecified atom stereocenters. The van der Waals surface area contributed by atoms with Crippen molar-refractivity contribution >= 4 is 11.9 Å². The van der Waals surface area contributed by atoms with Crippen LogP contribution in [0.4, 0.5) is 4.39 Å². The van der Waals surface area contributed by atoms with Crippen LogP contribution in [-0.4, -0.2) is 23.1 Å². The first-order valence-electron chi connectivity index (χ1n) is 12.7. The molecule has 36 heavy (non-hydrogen) atoms. The first-order chi connectivity index (χ1) is 17.3. The van der Waals surface area contributed by atoms with Gasteiger partial charge < -0.3 is 9.84 Å². The van der Waals surface area contributed by atoms with E-state index in [1.54, 1.807) is 24.3 Å². The number of esters is 1. The number of rotatable bonds is 11. The van der Waals surface area contributed by atoms with Crippen molar-refractivity contribution in [2.75, 3.05) is 0 Å². The average Bonchev–Trinajstić information content (AvgIpc) is 2.87. The van der Waals surface area contributed by atoms with Crippen molar-refractivity contribution in [1.82, 2.24) is 0 Å². The molecule has 0 aliphatic carbocycles. The van der Waals surface area contributed by atoms with E-state index in [1.165, 1.54) is 17.7 Å². The number of benzene rings is 3. The predicted molar refractivity (Wildman–Crippen MR) is 142 cm³/mol. The van der Waals surface area contributed by atoms with Crippen molar-refractivity contribution in [2.45, 2.75) is 65.9 Å². The maximum atomic E-state index is 15.1. The maximum absolute atomic E-state index is 15.1. The van der Waals surface area contributed by atoms with Gasteiger partial charge >= 0.3 is 11.9 Å². The number of aromatic carboxylic acids is 1. The second-order valence-electron chi connectivity index (χ2n) is 9.34. The standard InChI is InChI=1S/C31H35FO4/c1-5-8-22-9-11-23(12-10-22)26-15-14-25(30(33)34)18-28(26)24-13-16-27(29(32)19-24)31(35)36-20(4)17-21(6-2)7-3/h9-16,18-21H,5-8,17H2,1-4H3,(H,33,34)/t20-/m1/s1. The Labute approximate surface area is 213 Å². The van der Waals surface area contributed by atoms with Crippen molar-refractivity contribution < 1.29 is 23.8 Å². The molecule has 0 spiro atoms. The molecular weight excluding hydrogens is 455 g/mol. The van der Waals surface area contributed by atoms with Gasteiger partial charge in [-0.15, -0.1) is 0 Å². The van der Waals surface area contributed by atoms with E-state index in [0.717, 1.165) is 43.2 Å². The fourth-order valence-corrected chi connectivity index (χ4v) is 4.54. The molecule has 4 nitrogen and oxygen atoms in total. The molecule has 0 aromatic heterocycles. The van der Waals surface area contributed by atoms with E-state index >= 15 is 4.39 Å². The summed E-state index contributed by atoms with van der Waals surface area (Å²) in [6.07, 6.45) is 4.45. The fraction of sp³-hybridized carbons (Fsp3) is 0.355. The predicted octanol–water partition coefficient (Wildman–Crippen LogP) is 8.18. The highest BCUT2D eigenvalue weighted by Crippen LogP contribution is 2.34. The van der Waals surface area contributed by atoms with Gasteiger partial charge in [0.15, 0.2) is 0 Å². The van der Waals surface area contributed by atoms with Gasteiger partial charge in [-0.2, -0.15) is 0 Å². The van der Waals surface area contributed by atoms with Crippen LogP contribution >= 0.6 is 0 Å². The highest BCUT2D eigenvalue weighted by Gasteiger charge is 2.20. The van der Waals surface area contributed by atoms with Crippen LogP contribution in [-0.2, 0) is 11.2 Å². The number of ether oxygens (including phenoxy) is 1. The summed E-state index contributed by atoms with van der Waals surface area (Å²) in [5.41, 5.74) is 3.96. The van der Waals surface area contributed by atoms with Crippen LogP contribution in [0.15, 0.2) is 60.7 Å². The lowest BCUT2D eigenvalue weighted by molar-refractivity contribution is 0.0280. The molecule has 1 atom stereocenters. The molecule has 3 aromatic rings. The van der Waals surface area contributed by atoms with E-state index in [4.69, 9.17) is 4.74 Å². The molecule has 0 fully saturated rings. The molecule has 0 saturated heterocycles. The number of aryl methyl sites for hydroxylation is 1. The monoisotopic (exact) mass is 490 g/mol. The van der Waals surface area contributed by atoms with Crippen molar-refractivity contribution in [3.05, 3.63) is 83.2 Å². The van der Waals surface area contributed by atoms with Gasteiger partial charge in [-0.25, -0.2) is 14.0 Å². The van der Waals surface area contributed by atoms with Gasteiger partial charge in [0.25, 0.3) is 0 Å². The number of halogens is 1. The molecule has 190 valence electrons. The van der Waals surface area contributed by atoms with Gasteiger partial charge in [0.1, 0.15) is 5.82 Å². The SMILES string of the molecule is CCCc1ccc(-c2ccc(C(=O)O)cc2-c2ccc(C(=O)O[C@H](C)CC(CC)CC)c(F)c2)cc1. The smallest absolute Gasteiger partial charge is 0.341 e. The molecule has 0 saturated carbocycles. The van der Waals surface area contributed by atoms with Gasteiger partial charge in [-0.1, -0.05) is 76.4 Å². The zero-order chi connectivity index (χ0) is 26.2. The number of carboxylic acids is 1. The van der Waals surface area contributed by atoms with Gasteiger partial charge in [0.05, 0.1) is 17.2 Å². The minimum atomic E-state index is -1.06. The van der Waals surface area contributed by atoms with Crippen LogP contribution < -0.4 is 0 Å². The third kappa shape index (κ3) is 6.60. The lowest BCUT2D eigenvalue weighted by atomic mass is 9.91. The highest BCUT2D eigenvalue weighted by atomic mass is 19.1. The van der Waals surface area contributed by atoms with Crippen molar-refractivity contribution in [1.29, 1.82) is 0 Å². The van der Waals surface area contributed by atoms with Crippen LogP contribution in [0.2, 0.25) is 0 Å². The Morgan fingerprint density at radius 2 is 1.56 bits per heavy atom. The second-order valence-corrected chi connectivity index (χ2v) is 9.34. The largest absolute Gasteiger partial charge is 0.478 e. The molecule has 1 N–H and O–H groups in total. The van der Waals surface area contributed by atoms with Gasteiger partial charge in [0, 0.05) is 0 Å². The third-order valence-electron chi connectivity index (χ3n) is 6.70. The second kappa shape index (κ2) is 12.5. The number of hydrogen-bond donors (Lipinski definition) is 1. The molecule has 0 bridgehead atoms. The molecule has 0 aliphatic rings. The average molecular weight is 491 g/mol. The lowest BCUT2D eigenvalue weighted by Gasteiger charge is -2.19. The lowest BCUT2D eigenvalue weighted by Crippen LogP contribution is -2.19. The number of carbonyl (C=O) groups excluding carboxylic acids is 1. The summed E-state index contributed by atoms with van der Waals surface area (Å²) in [5.74, 6) is -2.00. The first-order valence-corrected chi connectivity index (χ1v) is 12.7. The van der Waals surface area contributed by atoms with E-state index in [1.807, 2.05) is 19.1 Å². The minimum absolute atomic E-state index is 0.107. The quantitative estimate of drug-likeness (QED) is 0.275. The Balaban J connectivity index is 1.93. The summed E-state index contributed by atoms with van der Waals surface area (Å²) < 4.78 is 20.7. The Hall–Kier alpha value is -3.47. The highest BCUT2D eigenvalue weighted by molar-refractivity contribution is 5.94. The Morgan fingerprint density at radius 3 is 2.14 bits per heavy atom. The molecule has 0 amide bonds. The number of carbonyl (C=O) groups is 2. The molecule has 0 aliphatic heterocycles. The molecule has 5 heteroatoms. The van der Waals surface area contributed by atoms with Gasteiger partial charge in [-0.05, 0) is 77.8 Å². The topological polar surface area (TPSA) is 63.6 Å². The fourth-order valence-electron chi connectivity index (χ4n) is 4.54. The molecule has 3 aromatic carbocycles. The third-order valence-corrected chi connectivity index (χ3v) is 6.70. The van der Waals surface area contributed by atoms with Crippen LogP contribution in [0.5, 0.6) is 0 Å². The van der Waals surface area contributed by atoms with Gasteiger partial charge in [-0.3, -0.25) is 0 Å². The van der Waals surface area contributed by atoms with E-state index in [2.05, 4.69) is 32.9 Å². The van der Waals surface area contributed by atoms with Crippen LogP contribution in [0.1, 0.15) is 79.7 Å². The summed E-state index contributed by atoms with van der Waals surface area (Å²) >= 11 is 0. The van der Waals surface area contributed by atoms with Crippen LogP contribution in [0.25, 0.3) is 22.3 Å². The van der Waals surface area contributed by atoms with Crippen molar-refractivity contribution in [3.8, 4) is 22.3 Å². The Kier molecular flexibility index (Phi) is 9.40. The maximum Gasteiger partial charge on any atom is 0.341 e. The number of carboxylic acid groups (broad SMARTS) is 1. The van der Waals surface area contributed by atoms with Crippen LogP contribution in [0.3, 0.4) is 0 Å². The van der Waals surface area contributed by atoms with E-state index in [0.29, 0.717) is 17.0 Å². The van der Waals surface area contributed by atoms with Gasteiger partial charge in [0.2, 0.25) is 0 Å². The van der Waals surface area contributed by atoms with E-state index in [9.17, 15) is 14.7 Å². The zero-order valence-electron chi connectivity index (χ0n) is 21.5. The molecule has 0 radical (unpaired) electrons. The summed E-state index contributed by atoms with van der Waals surface area (Å²) in [6.45, 7) is 8.17. The number of hydrogen-bond acceptors (Lipinski definition) is 3. The summed E-state index contributed by atoms with van der Waals surface area (Å²) in [6, 6.07) is 17.3. The molecule has 3 rings (SSSR count). The van der Waals surface area contributed by atoms with Crippen LogP contribution in [0, 0.1) is 11.7 Å².